The fraction of sp³-hybridized carbons (Fsp3) is 0.400. The molecule has 0 aliphatic heterocycles. The second kappa shape index (κ2) is 9.65. The van der Waals surface area contributed by atoms with Crippen LogP contribution in [0.3, 0.4) is 0 Å². The molecule has 0 amide bonds. The van der Waals surface area contributed by atoms with E-state index in [9.17, 15) is 0 Å². The van der Waals surface area contributed by atoms with Gasteiger partial charge in [-0.3, -0.25) is 9.98 Å². The number of aliphatic imine (C=N–C) groups is 1. The maximum atomic E-state index is 5.74. The van der Waals surface area contributed by atoms with Crippen LogP contribution in [0.1, 0.15) is 16.8 Å². The van der Waals surface area contributed by atoms with Gasteiger partial charge in [-0.05, 0) is 26.0 Å². The molecule has 0 saturated carbocycles. The molecule has 6 nitrogen and oxygen atoms in total. The van der Waals surface area contributed by atoms with Gasteiger partial charge in [0.05, 0.1) is 25.9 Å². The number of methoxy groups -OCH3 is 1. The Morgan fingerprint density at radius 2 is 1.96 bits per heavy atom. The zero-order chi connectivity index (χ0) is 18.9. The molecule has 0 saturated heterocycles. The molecule has 0 spiro atoms. The van der Waals surface area contributed by atoms with Crippen LogP contribution in [0.15, 0.2) is 41.5 Å². The monoisotopic (exact) mass is 356 g/mol. The average Bonchev–Trinajstić information content (AvgIpc) is 2.65. The molecule has 0 fully saturated rings. The van der Waals surface area contributed by atoms with Gasteiger partial charge in [-0.15, -0.1) is 0 Å². The number of guanidine groups is 1. The van der Waals surface area contributed by atoms with E-state index in [1.165, 1.54) is 0 Å². The Kier molecular flexibility index (Phi) is 7.26. The Morgan fingerprint density at radius 3 is 2.62 bits per heavy atom. The van der Waals surface area contributed by atoms with Crippen LogP contribution < -0.4 is 14.8 Å². The number of rotatable bonds is 7. The van der Waals surface area contributed by atoms with E-state index in [1.807, 2.05) is 62.3 Å². The molecule has 0 radical (unpaired) electrons. The highest BCUT2D eigenvalue weighted by molar-refractivity contribution is 5.79. The number of aromatic nitrogens is 1. The molecule has 2 rings (SSSR count). The molecular weight excluding hydrogens is 328 g/mol. The molecule has 1 aromatic heterocycles. The summed E-state index contributed by atoms with van der Waals surface area (Å²) in [6.45, 7) is 5.90. The van der Waals surface area contributed by atoms with Crippen LogP contribution in [0.4, 0.5) is 0 Å². The summed E-state index contributed by atoms with van der Waals surface area (Å²) in [5.41, 5.74) is 3.03. The van der Waals surface area contributed by atoms with Crippen LogP contribution in [-0.4, -0.2) is 50.2 Å². The highest BCUT2D eigenvalue weighted by Crippen LogP contribution is 2.23. The summed E-state index contributed by atoms with van der Waals surface area (Å²) < 4.78 is 11.2. The molecule has 6 heteroatoms. The van der Waals surface area contributed by atoms with Crippen molar-refractivity contribution in [1.82, 2.24) is 15.2 Å². The number of hydrogen-bond donors (Lipinski definition) is 1. The van der Waals surface area contributed by atoms with Crippen molar-refractivity contribution in [3.05, 3.63) is 53.3 Å². The van der Waals surface area contributed by atoms with E-state index in [0.717, 1.165) is 40.8 Å². The third-order valence-electron chi connectivity index (χ3n) is 4.18. The van der Waals surface area contributed by atoms with Crippen molar-refractivity contribution in [2.24, 2.45) is 4.99 Å². The molecule has 26 heavy (non-hydrogen) atoms. The Bertz CT molecular complexity index is 732. The molecule has 1 N–H and O–H groups in total. The number of nitrogens with one attached hydrogen (secondary N) is 1. The summed E-state index contributed by atoms with van der Waals surface area (Å²) >= 11 is 0. The minimum atomic E-state index is 0.580. The maximum absolute atomic E-state index is 5.74. The lowest BCUT2D eigenvalue weighted by molar-refractivity contribution is 0.281. The lowest BCUT2D eigenvalue weighted by Gasteiger charge is -2.22. The van der Waals surface area contributed by atoms with Gasteiger partial charge in [0.25, 0.3) is 0 Å². The fourth-order valence-corrected chi connectivity index (χ4v) is 2.72. The molecule has 2 aromatic rings. The quantitative estimate of drug-likeness (QED) is 0.611. The van der Waals surface area contributed by atoms with Crippen LogP contribution in [0.5, 0.6) is 11.5 Å². The van der Waals surface area contributed by atoms with Crippen molar-refractivity contribution in [3.63, 3.8) is 0 Å². The molecule has 0 unspecified atom stereocenters. The summed E-state index contributed by atoms with van der Waals surface area (Å²) in [4.78, 5) is 10.9. The number of likely N-dealkylation sites (N-methyl/N-ethyl adjacent to an activating group) is 1. The number of hydrogen-bond acceptors (Lipinski definition) is 4. The van der Waals surface area contributed by atoms with Crippen molar-refractivity contribution in [2.75, 3.05) is 34.4 Å². The second-order valence-corrected chi connectivity index (χ2v) is 6.03. The number of pyridine rings is 1. The van der Waals surface area contributed by atoms with Crippen LogP contribution in [0, 0.1) is 13.8 Å². The van der Waals surface area contributed by atoms with E-state index >= 15 is 0 Å². The van der Waals surface area contributed by atoms with Gasteiger partial charge in [0.15, 0.2) is 5.96 Å². The third-order valence-corrected chi connectivity index (χ3v) is 4.18. The summed E-state index contributed by atoms with van der Waals surface area (Å²) in [5, 5.41) is 3.35. The Morgan fingerprint density at radius 1 is 1.23 bits per heavy atom. The fourth-order valence-electron chi connectivity index (χ4n) is 2.72. The van der Waals surface area contributed by atoms with Crippen LogP contribution >= 0.6 is 0 Å². The van der Waals surface area contributed by atoms with Crippen molar-refractivity contribution in [3.8, 4) is 11.5 Å². The van der Waals surface area contributed by atoms with Gasteiger partial charge in [0.2, 0.25) is 0 Å². The predicted octanol–water partition coefficient (Wildman–Crippen LogP) is 2.79. The number of aryl methyl sites for hydroxylation is 1. The largest absolute Gasteiger partial charge is 0.496 e. The summed E-state index contributed by atoms with van der Waals surface area (Å²) in [6.07, 6.45) is 1.84. The smallest absolute Gasteiger partial charge is 0.193 e. The topological polar surface area (TPSA) is 59.0 Å². The van der Waals surface area contributed by atoms with Gasteiger partial charge in [0.1, 0.15) is 18.1 Å². The van der Waals surface area contributed by atoms with E-state index in [0.29, 0.717) is 13.2 Å². The highest BCUT2D eigenvalue weighted by Gasteiger charge is 2.11. The minimum absolute atomic E-state index is 0.580. The van der Waals surface area contributed by atoms with Crippen LogP contribution in [0.2, 0.25) is 0 Å². The average molecular weight is 356 g/mol. The van der Waals surface area contributed by atoms with Crippen molar-refractivity contribution >= 4 is 5.96 Å². The zero-order valence-corrected chi connectivity index (χ0v) is 16.2. The zero-order valence-electron chi connectivity index (χ0n) is 16.2. The van der Waals surface area contributed by atoms with Crippen LogP contribution in [0.25, 0.3) is 0 Å². The molecule has 0 aliphatic carbocycles. The second-order valence-electron chi connectivity index (χ2n) is 6.03. The number of nitrogens with zero attached hydrogens (tertiary/aromatic N) is 3. The lowest BCUT2D eigenvalue weighted by Crippen LogP contribution is -2.40. The van der Waals surface area contributed by atoms with Gasteiger partial charge in [-0.1, -0.05) is 18.2 Å². The van der Waals surface area contributed by atoms with Gasteiger partial charge in [0, 0.05) is 31.4 Å². The molecule has 0 aliphatic rings. The molecular formula is C20H28N4O2. The number of para-hydroxylation sites is 1. The van der Waals surface area contributed by atoms with Crippen molar-refractivity contribution < 1.29 is 9.47 Å². The summed E-state index contributed by atoms with van der Waals surface area (Å²) in [6, 6.07) is 9.80. The first-order valence-corrected chi connectivity index (χ1v) is 8.65. The van der Waals surface area contributed by atoms with Gasteiger partial charge >= 0.3 is 0 Å². The Balaban J connectivity index is 1.89. The van der Waals surface area contributed by atoms with Crippen LogP contribution in [-0.2, 0) is 6.54 Å². The first-order chi connectivity index (χ1) is 12.6. The van der Waals surface area contributed by atoms with Gasteiger partial charge in [-0.2, -0.15) is 0 Å². The normalized spacial score (nSPS) is 11.2. The van der Waals surface area contributed by atoms with Crippen molar-refractivity contribution in [1.29, 1.82) is 0 Å². The minimum Gasteiger partial charge on any atom is -0.496 e. The molecule has 0 atom stereocenters. The van der Waals surface area contributed by atoms with E-state index in [4.69, 9.17) is 9.47 Å². The molecule has 0 bridgehead atoms. The highest BCUT2D eigenvalue weighted by atomic mass is 16.5. The summed E-state index contributed by atoms with van der Waals surface area (Å²) in [7, 11) is 5.44. The Hall–Kier alpha value is -2.76. The maximum Gasteiger partial charge on any atom is 0.193 e. The third kappa shape index (κ3) is 5.12. The first kappa shape index (κ1) is 19.6. The number of benzene rings is 1. The SMILES string of the molecule is CN=C(NCc1ncc(C)c(OC)c1C)N(C)CCOc1ccccc1. The molecule has 1 heterocycles. The van der Waals surface area contributed by atoms with Gasteiger partial charge < -0.3 is 19.7 Å². The van der Waals surface area contributed by atoms with Gasteiger partial charge in [-0.25, -0.2) is 0 Å². The van der Waals surface area contributed by atoms with Crippen molar-refractivity contribution in [2.45, 2.75) is 20.4 Å². The van der Waals surface area contributed by atoms with E-state index < -0.39 is 0 Å². The standard InChI is InChI=1S/C20H28N4O2/c1-15-13-22-18(16(2)19(15)25-5)14-23-20(21-3)24(4)11-12-26-17-9-7-6-8-10-17/h6-10,13H,11-12,14H2,1-5H3,(H,21,23). The first-order valence-electron chi connectivity index (χ1n) is 8.65. The number of ether oxygens (including phenoxy) is 2. The predicted molar refractivity (Wildman–Crippen MR) is 105 cm³/mol. The van der Waals surface area contributed by atoms with E-state index in [1.54, 1.807) is 14.2 Å². The molecule has 140 valence electrons. The van der Waals surface area contributed by atoms with E-state index in [2.05, 4.69) is 15.3 Å². The summed E-state index contributed by atoms with van der Waals surface area (Å²) in [5.74, 6) is 2.55. The Labute approximate surface area is 155 Å². The van der Waals surface area contributed by atoms with E-state index in [-0.39, 0.29) is 0 Å². The lowest BCUT2D eigenvalue weighted by atomic mass is 10.1. The molecule has 1 aromatic carbocycles.